The smallest absolute Gasteiger partial charge is 0.241 e. The Morgan fingerprint density at radius 3 is 2.50 bits per heavy atom. The van der Waals surface area contributed by atoms with Crippen molar-refractivity contribution >= 4 is 15.9 Å². The number of hydrogen-bond acceptors (Lipinski definition) is 4. The molecule has 6 nitrogen and oxygen atoms in total. The molecule has 2 aromatic rings. The molecule has 0 saturated heterocycles. The summed E-state index contributed by atoms with van der Waals surface area (Å²) in [5.74, 6) is -0.401. The van der Waals surface area contributed by atoms with Gasteiger partial charge in [0.05, 0.1) is 18.6 Å². The van der Waals surface area contributed by atoms with Crippen molar-refractivity contribution in [2.75, 3.05) is 13.7 Å². The molecule has 140 valence electrons. The second kappa shape index (κ2) is 8.29. The molecule has 2 rings (SSSR count). The lowest BCUT2D eigenvalue weighted by Gasteiger charge is -2.13. The van der Waals surface area contributed by atoms with E-state index in [0.717, 1.165) is 0 Å². The van der Waals surface area contributed by atoms with Crippen LogP contribution >= 0.6 is 0 Å². The van der Waals surface area contributed by atoms with Crippen LogP contribution in [0.2, 0.25) is 0 Å². The molecule has 1 amide bonds. The molecule has 0 saturated carbocycles. The molecule has 0 radical (unpaired) electrons. The molecule has 0 aliphatic carbocycles. The number of halogens is 1. The van der Waals surface area contributed by atoms with Crippen molar-refractivity contribution in [2.24, 2.45) is 0 Å². The number of aryl methyl sites for hydroxylation is 2. The normalized spacial score (nSPS) is 11.2. The molecular weight excluding hydrogens is 359 g/mol. The third kappa shape index (κ3) is 4.80. The van der Waals surface area contributed by atoms with Crippen LogP contribution in [0.15, 0.2) is 41.3 Å². The van der Waals surface area contributed by atoms with Gasteiger partial charge in [-0.3, -0.25) is 4.79 Å². The van der Waals surface area contributed by atoms with E-state index in [-0.39, 0.29) is 11.4 Å². The van der Waals surface area contributed by atoms with Crippen LogP contribution in [0.4, 0.5) is 4.39 Å². The third-order valence-corrected chi connectivity index (χ3v) is 5.38. The topological polar surface area (TPSA) is 84.5 Å². The van der Waals surface area contributed by atoms with Gasteiger partial charge in [0, 0.05) is 12.1 Å². The van der Waals surface area contributed by atoms with E-state index in [2.05, 4.69) is 10.0 Å². The Bertz CT molecular complexity index is 913. The summed E-state index contributed by atoms with van der Waals surface area (Å²) in [6.07, 6.45) is 0. The Morgan fingerprint density at radius 1 is 1.15 bits per heavy atom. The van der Waals surface area contributed by atoms with Gasteiger partial charge in [0.1, 0.15) is 11.6 Å². The number of amides is 1. The highest BCUT2D eigenvalue weighted by molar-refractivity contribution is 7.89. The molecule has 26 heavy (non-hydrogen) atoms. The summed E-state index contributed by atoms with van der Waals surface area (Å²) in [6.45, 7) is 2.92. The molecule has 0 fully saturated rings. The summed E-state index contributed by atoms with van der Waals surface area (Å²) in [6, 6.07) is 9.16. The van der Waals surface area contributed by atoms with Gasteiger partial charge in [-0.1, -0.05) is 18.2 Å². The SMILES string of the molecule is COc1cc(C)c(S(=O)(=O)NCC(=O)NCc2ccccc2F)cc1C. The number of methoxy groups -OCH3 is 1. The van der Waals surface area contributed by atoms with E-state index >= 15 is 0 Å². The molecule has 2 aromatic carbocycles. The highest BCUT2D eigenvalue weighted by atomic mass is 32.2. The van der Waals surface area contributed by atoms with Crippen LogP contribution in [0.1, 0.15) is 16.7 Å². The molecule has 2 N–H and O–H groups in total. The zero-order chi connectivity index (χ0) is 19.3. The molecule has 0 spiro atoms. The molecule has 0 aliphatic rings. The molecule has 0 unspecified atom stereocenters. The lowest BCUT2D eigenvalue weighted by atomic mass is 10.1. The Labute approximate surface area is 152 Å². The van der Waals surface area contributed by atoms with Crippen LogP contribution in [-0.2, 0) is 21.4 Å². The average molecular weight is 380 g/mol. The highest BCUT2D eigenvalue weighted by Gasteiger charge is 2.19. The van der Waals surface area contributed by atoms with Crippen molar-refractivity contribution in [1.29, 1.82) is 0 Å². The van der Waals surface area contributed by atoms with E-state index < -0.39 is 28.3 Å². The Morgan fingerprint density at radius 2 is 1.85 bits per heavy atom. The van der Waals surface area contributed by atoms with E-state index in [1.54, 1.807) is 38.1 Å². The summed E-state index contributed by atoms with van der Waals surface area (Å²) in [5, 5.41) is 2.48. The molecule has 8 heteroatoms. The largest absolute Gasteiger partial charge is 0.496 e. The zero-order valence-electron chi connectivity index (χ0n) is 14.8. The lowest BCUT2D eigenvalue weighted by molar-refractivity contribution is -0.120. The lowest BCUT2D eigenvalue weighted by Crippen LogP contribution is -2.37. The maximum Gasteiger partial charge on any atom is 0.241 e. The Balaban J connectivity index is 2.00. The van der Waals surface area contributed by atoms with Crippen molar-refractivity contribution in [3.63, 3.8) is 0 Å². The molecule has 0 atom stereocenters. The van der Waals surface area contributed by atoms with Crippen LogP contribution in [0, 0.1) is 19.7 Å². The average Bonchev–Trinajstić information content (AvgIpc) is 2.60. The van der Waals surface area contributed by atoms with Crippen LogP contribution in [-0.4, -0.2) is 28.0 Å². The number of benzene rings is 2. The number of rotatable bonds is 7. The first-order valence-electron chi connectivity index (χ1n) is 7.89. The van der Waals surface area contributed by atoms with Crippen molar-refractivity contribution in [3.05, 3.63) is 58.9 Å². The van der Waals surface area contributed by atoms with E-state index in [9.17, 15) is 17.6 Å². The summed E-state index contributed by atoms with van der Waals surface area (Å²) < 4.78 is 45.8. The molecule has 0 aliphatic heterocycles. The molecule has 0 heterocycles. The number of nitrogens with one attached hydrogen (secondary N) is 2. The van der Waals surface area contributed by atoms with E-state index in [1.165, 1.54) is 19.2 Å². The fourth-order valence-electron chi connectivity index (χ4n) is 2.41. The van der Waals surface area contributed by atoms with Crippen molar-refractivity contribution in [1.82, 2.24) is 10.0 Å². The fraction of sp³-hybridized carbons (Fsp3) is 0.278. The minimum Gasteiger partial charge on any atom is -0.496 e. The second-order valence-electron chi connectivity index (χ2n) is 5.78. The molecule has 0 aromatic heterocycles. The van der Waals surface area contributed by atoms with Crippen LogP contribution in [0.3, 0.4) is 0 Å². The monoisotopic (exact) mass is 380 g/mol. The summed E-state index contributed by atoms with van der Waals surface area (Å²) >= 11 is 0. The predicted molar refractivity (Wildman–Crippen MR) is 95.9 cm³/mol. The first-order chi connectivity index (χ1) is 12.2. The maximum absolute atomic E-state index is 13.5. The van der Waals surface area contributed by atoms with Crippen LogP contribution < -0.4 is 14.8 Å². The highest BCUT2D eigenvalue weighted by Crippen LogP contribution is 2.25. The van der Waals surface area contributed by atoms with E-state index in [1.807, 2.05) is 0 Å². The minimum atomic E-state index is -3.87. The second-order valence-corrected chi connectivity index (χ2v) is 7.52. The number of sulfonamides is 1. The van der Waals surface area contributed by atoms with Gasteiger partial charge in [-0.15, -0.1) is 0 Å². The summed E-state index contributed by atoms with van der Waals surface area (Å²) in [5.41, 5.74) is 1.50. The van der Waals surface area contributed by atoms with Gasteiger partial charge in [-0.25, -0.2) is 17.5 Å². The van der Waals surface area contributed by atoms with Crippen molar-refractivity contribution in [2.45, 2.75) is 25.3 Å². The van der Waals surface area contributed by atoms with Gasteiger partial charge in [0.25, 0.3) is 0 Å². The van der Waals surface area contributed by atoms with E-state index in [0.29, 0.717) is 22.4 Å². The Hall–Kier alpha value is -2.45. The van der Waals surface area contributed by atoms with Gasteiger partial charge in [-0.05, 0) is 43.2 Å². The van der Waals surface area contributed by atoms with Crippen molar-refractivity contribution < 1.29 is 22.3 Å². The third-order valence-electron chi connectivity index (χ3n) is 3.84. The van der Waals surface area contributed by atoms with Gasteiger partial charge in [0.2, 0.25) is 15.9 Å². The van der Waals surface area contributed by atoms with Crippen molar-refractivity contribution in [3.8, 4) is 5.75 Å². The predicted octanol–water partition coefficient (Wildman–Crippen LogP) is 2.05. The first kappa shape index (κ1) is 19.9. The summed E-state index contributed by atoms with van der Waals surface area (Å²) in [7, 11) is -2.36. The van der Waals surface area contributed by atoms with Gasteiger partial charge < -0.3 is 10.1 Å². The van der Waals surface area contributed by atoms with Gasteiger partial charge in [-0.2, -0.15) is 0 Å². The number of carbonyl (C=O) groups excluding carboxylic acids is 1. The number of hydrogen-bond donors (Lipinski definition) is 2. The van der Waals surface area contributed by atoms with Crippen LogP contribution in [0.25, 0.3) is 0 Å². The number of ether oxygens (including phenoxy) is 1. The Kier molecular flexibility index (Phi) is 6.33. The van der Waals surface area contributed by atoms with Gasteiger partial charge >= 0.3 is 0 Å². The molecule has 0 bridgehead atoms. The minimum absolute atomic E-state index is 0.0199. The number of carbonyl (C=O) groups is 1. The quantitative estimate of drug-likeness (QED) is 0.770. The van der Waals surface area contributed by atoms with Crippen LogP contribution in [0.5, 0.6) is 5.75 Å². The van der Waals surface area contributed by atoms with Gasteiger partial charge in [0.15, 0.2) is 0 Å². The fourth-order valence-corrected chi connectivity index (χ4v) is 3.70. The maximum atomic E-state index is 13.5. The van der Waals surface area contributed by atoms with E-state index in [4.69, 9.17) is 4.74 Å². The summed E-state index contributed by atoms with van der Waals surface area (Å²) in [4.78, 5) is 12.0. The standard InChI is InChI=1S/C18H21FN2O4S/c1-12-9-17(13(2)8-16(12)25-3)26(23,24)21-11-18(22)20-10-14-6-4-5-7-15(14)19/h4-9,21H,10-11H2,1-3H3,(H,20,22). The molecular formula is C18H21FN2O4S. The first-order valence-corrected chi connectivity index (χ1v) is 9.38. The zero-order valence-corrected chi connectivity index (χ0v) is 15.6.